The Morgan fingerprint density at radius 3 is 2.83 bits per heavy atom. The predicted octanol–water partition coefficient (Wildman–Crippen LogP) is 4.24. The van der Waals surface area contributed by atoms with Crippen LogP contribution in [-0.2, 0) is 17.9 Å². The van der Waals surface area contributed by atoms with Crippen LogP contribution in [0.15, 0.2) is 28.7 Å². The molecule has 0 fully saturated rings. The van der Waals surface area contributed by atoms with Gasteiger partial charge in [-0.25, -0.2) is 4.98 Å². The van der Waals surface area contributed by atoms with Crippen LogP contribution in [0, 0.1) is 4.64 Å². The molecule has 0 bridgehead atoms. The molecule has 0 spiro atoms. The van der Waals surface area contributed by atoms with Gasteiger partial charge >= 0.3 is 0 Å². The molecule has 1 aliphatic heterocycles. The van der Waals surface area contributed by atoms with Crippen molar-refractivity contribution in [2.24, 2.45) is 0 Å². The lowest BCUT2D eigenvalue weighted by molar-refractivity contribution is 0.919. The van der Waals surface area contributed by atoms with Crippen molar-refractivity contribution >= 4 is 39.9 Å². The van der Waals surface area contributed by atoms with Gasteiger partial charge in [-0.1, -0.05) is 40.3 Å². The number of fused-ring (bicyclic) bond motifs is 1. The highest BCUT2D eigenvalue weighted by Gasteiger charge is 2.15. The molecule has 2 heterocycles. The van der Waals surface area contributed by atoms with Gasteiger partial charge in [0.2, 0.25) is 0 Å². The van der Waals surface area contributed by atoms with Crippen molar-refractivity contribution < 1.29 is 0 Å². The summed E-state index contributed by atoms with van der Waals surface area (Å²) in [6, 6.07) is 8.30. The van der Waals surface area contributed by atoms with E-state index < -0.39 is 0 Å². The largest absolute Gasteiger partial charge is 0.346 e. The van der Waals surface area contributed by atoms with Crippen molar-refractivity contribution in [3.63, 3.8) is 0 Å². The Labute approximate surface area is 123 Å². The highest BCUT2D eigenvalue weighted by Crippen LogP contribution is 2.28. The van der Waals surface area contributed by atoms with Crippen LogP contribution >= 0.6 is 39.9 Å². The van der Waals surface area contributed by atoms with Crippen LogP contribution in [0.1, 0.15) is 22.6 Å². The number of aromatic nitrogens is 2. The molecule has 1 N–H and O–H groups in total. The third kappa shape index (κ3) is 2.53. The van der Waals surface area contributed by atoms with Crippen LogP contribution in [0.3, 0.4) is 0 Å². The molecule has 0 unspecified atom stereocenters. The molecule has 1 aliphatic rings. The van der Waals surface area contributed by atoms with Crippen LogP contribution < -0.4 is 0 Å². The van der Waals surface area contributed by atoms with Crippen molar-refractivity contribution in [1.82, 2.24) is 9.97 Å². The van der Waals surface area contributed by atoms with Gasteiger partial charge in [-0.3, -0.25) is 0 Å². The molecule has 0 aliphatic carbocycles. The second kappa shape index (κ2) is 5.15. The van der Waals surface area contributed by atoms with Crippen molar-refractivity contribution in [1.29, 1.82) is 0 Å². The van der Waals surface area contributed by atoms with E-state index in [0.717, 1.165) is 32.9 Å². The molecular weight excluding hydrogens is 328 g/mol. The second-order valence-electron chi connectivity index (χ2n) is 4.24. The Balaban J connectivity index is 1.92. The van der Waals surface area contributed by atoms with Crippen LogP contribution in [0.5, 0.6) is 0 Å². The number of aromatic amines is 1. The zero-order valence-electron chi connectivity index (χ0n) is 9.57. The van der Waals surface area contributed by atoms with Crippen molar-refractivity contribution in [3.05, 3.63) is 56.0 Å². The molecule has 3 rings (SSSR count). The number of H-pyrrole nitrogens is 1. The maximum absolute atomic E-state index is 5.35. The standard InChI is InChI=1S/C13H11BrN2S2/c14-9-3-1-8(2-4-9)5-12-15-11-7-18-6-10(11)13(17)16-12/h1-4H,5-7H2,(H,15,16,17). The molecule has 0 amide bonds. The summed E-state index contributed by atoms with van der Waals surface area (Å²) in [5.74, 6) is 2.98. The van der Waals surface area contributed by atoms with Gasteiger partial charge in [0.15, 0.2) is 0 Å². The number of rotatable bonds is 2. The predicted molar refractivity (Wildman–Crippen MR) is 81.4 cm³/mol. The van der Waals surface area contributed by atoms with Gasteiger partial charge in [0, 0.05) is 33.7 Å². The Kier molecular flexibility index (Phi) is 3.54. The fourth-order valence-corrected chi connectivity index (χ4v) is 3.73. The number of nitrogens with one attached hydrogen (secondary N) is 1. The van der Waals surface area contributed by atoms with Gasteiger partial charge in [0.05, 0.1) is 0 Å². The number of nitrogens with zero attached hydrogens (tertiary/aromatic N) is 1. The molecule has 0 atom stereocenters. The minimum Gasteiger partial charge on any atom is -0.346 e. The van der Waals surface area contributed by atoms with Crippen LogP contribution in [0.25, 0.3) is 0 Å². The van der Waals surface area contributed by atoms with Crippen LogP contribution in [-0.4, -0.2) is 9.97 Å². The summed E-state index contributed by atoms with van der Waals surface area (Å²) >= 11 is 10.7. The smallest absolute Gasteiger partial charge is 0.134 e. The number of hydrogen-bond acceptors (Lipinski definition) is 3. The minimum absolute atomic E-state index is 0.765. The number of thioether (sulfide) groups is 1. The van der Waals surface area contributed by atoms with Crippen molar-refractivity contribution in [3.8, 4) is 0 Å². The Morgan fingerprint density at radius 2 is 2.06 bits per heavy atom. The first-order valence-corrected chi connectivity index (χ1v) is 8.01. The lowest BCUT2D eigenvalue weighted by atomic mass is 10.1. The summed E-state index contributed by atoms with van der Waals surface area (Å²) in [5, 5.41) is 0. The SMILES string of the molecule is S=c1nc(Cc2ccc(Br)cc2)[nH]c2c1CSC2. The normalized spacial score (nSPS) is 13.6. The third-order valence-corrected chi connectivity index (χ3v) is 4.78. The monoisotopic (exact) mass is 338 g/mol. The molecule has 0 radical (unpaired) electrons. The topological polar surface area (TPSA) is 28.7 Å². The average molecular weight is 339 g/mol. The molecule has 2 aromatic rings. The number of benzene rings is 1. The molecule has 0 saturated carbocycles. The summed E-state index contributed by atoms with van der Waals surface area (Å²) in [6.07, 6.45) is 0.800. The minimum atomic E-state index is 0.765. The molecule has 1 aromatic heterocycles. The van der Waals surface area contributed by atoms with Crippen LogP contribution in [0.4, 0.5) is 0 Å². The summed E-state index contributed by atoms with van der Waals surface area (Å²) < 4.78 is 1.86. The van der Waals surface area contributed by atoms with E-state index in [9.17, 15) is 0 Å². The zero-order chi connectivity index (χ0) is 12.5. The van der Waals surface area contributed by atoms with Gasteiger partial charge in [-0.2, -0.15) is 11.8 Å². The summed E-state index contributed by atoms with van der Waals surface area (Å²) in [5.41, 5.74) is 3.71. The van der Waals surface area contributed by atoms with Gasteiger partial charge in [-0.05, 0) is 17.7 Å². The third-order valence-electron chi connectivity index (χ3n) is 2.93. The second-order valence-corrected chi connectivity index (χ2v) is 6.53. The first-order chi connectivity index (χ1) is 8.72. The average Bonchev–Trinajstić information content (AvgIpc) is 2.81. The lowest BCUT2D eigenvalue weighted by Crippen LogP contribution is -2.01. The van der Waals surface area contributed by atoms with E-state index in [4.69, 9.17) is 12.2 Å². The molecule has 0 saturated heterocycles. The van der Waals surface area contributed by atoms with Gasteiger partial charge in [0.1, 0.15) is 10.5 Å². The maximum atomic E-state index is 5.35. The fraction of sp³-hybridized carbons (Fsp3) is 0.231. The number of halogens is 1. The van der Waals surface area contributed by atoms with E-state index in [2.05, 4.69) is 38.0 Å². The molecule has 92 valence electrons. The fourth-order valence-electron chi connectivity index (χ4n) is 2.00. The molecule has 5 heteroatoms. The summed E-state index contributed by atoms with van der Waals surface area (Å²) in [4.78, 5) is 7.92. The Hall–Kier alpha value is -0.650. The Bertz CT molecular complexity index is 634. The first-order valence-electron chi connectivity index (χ1n) is 5.65. The first kappa shape index (κ1) is 12.4. The highest BCUT2D eigenvalue weighted by atomic mass is 79.9. The van der Waals surface area contributed by atoms with Crippen molar-refractivity contribution in [2.45, 2.75) is 17.9 Å². The molecule has 2 nitrogen and oxygen atoms in total. The van der Waals surface area contributed by atoms with Gasteiger partial charge in [0.25, 0.3) is 0 Å². The maximum Gasteiger partial charge on any atom is 0.134 e. The van der Waals surface area contributed by atoms with E-state index in [1.54, 1.807) is 0 Å². The molecule has 18 heavy (non-hydrogen) atoms. The molecular formula is C13H11BrN2S2. The summed E-state index contributed by atoms with van der Waals surface area (Å²) in [7, 11) is 0. The van der Waals surface area contributed by atoms with Gasteiger partial charge < -0.3 is 4.98 Å². The van der Waals surface area contributed by atoms with E-state index in [1.165, 1.54) is 16.8 Å². The van der Waals surface area contributed by atoms with Crippen LogP contribution in [0.2, 0.25) is 0 Å². The van der Waals surface area contributed by atoms with Gasteiger partial charge in [-0.15, -0.1) is 0 Å². The highest BCUT2D eigenvalue weighted by molar-refractivity contribution is 9.10. The Morgan fingerprint density at radius 1 is 1.28 bits per heavy atom. The zero-order valence-corrected chi connectivity index (χ0v) is 12.8. The number of hydrogen-bond donors (Lipinski definition) is 1. The van der Waals surface area contributed by atoms with Crippen molar-refractivity contribution in [2.75, 3.05) is 0 Å². The van der Waals surface area contributed by atoms with E-state index in [1.807, 2.05) is 23.9 Å². The summed E-state index contributed by atoms with van der Waals surface area (Å²) in [6.45, 7) is 0. The lowest BCUT2D eigenvalue weighted by Gasteiger charge is -2.05. The quantitative estimate of drug-likeness (QED) is 0.830. The van der Waals surface area contributed by atoms with E-state index in [-0.39, 0.29) is 0 Å². The molecule has 1 aromatic carbocycles. The van der Waals surface area contributed by atoms with E-state index >= 15 is 0 Å². The van der Waals surface area contributed by atoms with E-state index in [0.29, 0.717) is 0 Å².